The number of hydrogen-bond donors (Lipinski definition) is 3. The third-order valence-corrected chi connectivity index (χ3v) is 1.27. The number of carboxylic acid groups (broad SMARTS) is 1. The summed E-state index contributed by atoms with van der Waals surface area (Å²) >= 11 is 0. The standard InChI is InChI=1S/C5H12N2O2/c1-3(2-6)4(7)5(8)9/h3-4H,2,6-7H2,1H3,(H,8,9). The zero-order valence-electron chi connectivity index (χ0n) is 5.37. The molecule has 0 aliphatic rings. The molecule has 9 heavy (non-hydrogen) atoms. The average Bonchev–Trinajstić information content (AvgIpc) is 1.84. The Hall–Kier alpha value is -0.610. The van der Waals surface area contributed by atoms with Gasteiger partial charge >= 0.3 is 5.97 Å². The van der Waals surface area contributed by atoms with Crippen molar-refractivity contribution in [2.45, 2.75) is 13.0 Å². The van der Waals surface area contributed by atoms with Crippen LogP contribution in [0.2, 0.25) is 0 Å². The molecule has 0 fully saturated rings. The molecule has 0 spiro atoms. The Morgan fingerprint density at radius 1 is 1.78 bits per heavy atom. The second-order valence-electron chi connectivity index (χ2n) is 2.08. The van der Waals surface area contributed by atoms with Crippen LogP contribution in [0.3, 0.4) is 0 Å². The summed E-state index contributed by atoms with van der Waals surface area (Å²) in [6.45, 7) is 2.02. The van der Waals surface area contributed by atoms with E-state index in [9.17, 15) is 4.79 Å². The number of carboxylic acids is 1. The summed E-state index contributed by atoms with van der Waals surface area (Å²) in [6.07, 6.45) is 0. The van der Waals surface area contributed by atoms with Crippen LogP contribution in [0.1, 0.15) is 6.92 Å². The highest BCUT2D eigenvalue weighted by molar-refractivity contribution is 5.73. The topological polar surface area (TPSA) is 89.3 Å². The lowest BCUT2D eigenvalue weighted by Crippen LogP contribution is -2.39. The van der Waals surface area contributed by atoms with Crippen molar-refractivity contribution >= 4 is 5.97 Å². The van der Waals surface area contributed by atoms with Crippen molar-refractivity contribution < 1.29 is 9.90 Å². The first-order chi connectivity index (χ1) is 4.09. The van der Waals surface area contributed by atoms with E-state index in [1.165, 1.54) is 0 Å². The molecule has 0 aromatic heterocycles. The third-order valence-electron chi connectivity index (χ3n) is 1.27. The normalized spacial score (nSPS) is 16.8. The predicted molar refractivity (Wildman–Crippen MR) is 33.8 cm³/mol. The van der Waals surface area contributed by atoms with Crippen LogP contribution in [0.4, 0.5) is 0 Å². The minimum Gasteiger partial charge on any atom is -0.480 e. The van der Waals surface area contributed by atoms with E-state index in [0.717, 1.165) is 0 Å². The summed E-state index contributed by atoms with van der Waals surface area (Å²) in [6, 6.07) is -0.824. The molecule has 0 aliphatic carbocycles. The summed E-state index contributed by atoms with van der Waals surface area (Å²) in [7, 11) is 0. The Balaban J connectivity index is 3.72. The van der Waals surface area contributed by atoms with Crippen molar-refractivity contribution in [1.82, 2.24) is 0 Å². The molecule has 54 valence electrons. The van der Waals surface area contributed by atoms with Gasteiger partial charge in [0.05, 0.1) is 0 Å². The Kier molecular flexibility index (Phi) is 3.19. The van der Waals surface area contributed by atoms with Crippen molar-refractivity contribution in [3.05, 3.63) is 0 Å². The number of carbonyl (C=O) groups is 1. The van der Waals surface area contributed by atoms with Gasteiger partial charge in [-0.2, -0.15) is 0 Å². The van der Waals surface area contributed by atoms with Crippen LogP contribution in [0.5, 0.6) is 0 Å². The molecule has 0 aromatic rings. The molecular weight excluding hydrogens is 120 g/mol. The van der Waals surface area contributed by atoms with Crippen LogP contribution in [0, 0.1) is 5.92 Å². The van der Waals surface area contributed by atoms with E-state index in [0.29, 0.717) is 6.54 Å². The fourth-order valence-electron chi connectivity index (χ4n) is 0.390. The molecular formula is C5H12N2O2. The lowest BCUT2D eigenvalue weighted by Gasteiger charge is -2.11. The van der Waals surface area contributed by atoms with Crippen molar-refractivity contribution in [2.24, 2.45) is 17.4 Å². The molecule has 0 heterocycles. The van der Waals surface area contributed by atoms with E-state index >= 15 is 0 Å². The highest BCUT2D eigenvalue weighted by Gasteiger charge is 2.17. The Labute approximate surface area is 53.8 Å². The maximum atomic E-state index is 10.1. The van der Waals surface area contributed by atoms with Gasteiger partial charge in [0.25, 0.3) is 0 Å². The predicted octanol–water partition coefficient (Wildman–Crippen LogP) is -1.01. The molecule has 2 unspecified atom stereocenters. The van der Waals surface area contributed by atoms with Crippen molar-refractivity contribution in [2.75, 3.05) is 6.54 Å². The van der Waals surface area contributed by atoms with E-state index in [1.807, 2.05) is 0 Å². The summed E-state index contributed by atoms with van der Waals surface area (Å²) in [5, 5.41) is 8.30. The van der Waals surface area contributed by atoms with Gasteiger partial charge in [-0.1, -0.05) is 6.92 Å². The first-order valence-corrected chi connectivity index (χ1v) is 2.78. The lowest BCUT2D eigenvalue weighted by atomic mass is 10.0. The molecule has 0 aliphatic heterocycles. The molecule has 0 aromatic carbocycles. The van der Waals surface area contributed by atoms with Gasteiger partial charge in [0.2, 0.25) is 0 Å². The van der Waals surface area contributed by atoms with Crippen LogP contribution in [0.25, 0.3) is 0 Å². The van der Waals surface area contributed by atoms with E-state index < -0.39 is 12.0 Å². The fraction of sp³-hybridized carbons (Fsp3) is 0.800. The molecule has 0 saturated heterocycles. The van der Waals surface area contributed by atoms with E-state index in [4.69, 9.17) is 16.6 Å². The van der Waals surface area contributed by atoms with Gasteiger partial charge in [-0.05, 0) is 12.5 Å². The highest BCUT2D eigenvalue weighted by atomic mass is 16.4. The zero-order valence-corrected chi connectivity index (χ0v) is 5.37. The summed E-state index contributed by atoms with van der Waals surface area (Å²) in [4.78, 5) is 10.1. The minimum absolute atomic E-state index is 0.150. The van der Waals surface area contributed by atoms with Gasteiger partial charge in [-0.15, -0.1) is 0 Å². The second-order valence-corrected chi connectivity index (χ2v) is 2.08. The van der Waals surface area contributed by atoms with Gasteiger partial charge in [-0.3, -0.25) is 4.79 Å². The smallest absolute Gasteiger partial charge is 0.320 e. The van der Waals surface area contributed by atoms with Crippen LogP contribution in [-0.4, -0.2) is 23.7 Å². The van der Waals surface area contributed by atoms with Gasteiger partial charge in [0.15, 0.2) is 0 Å². The molecule has 5 N–H and O–H groups in total. The summed E-state index contributed by atoms with van der Waals surface area (Å²) in [5.74, 6) is -1.14. The van der Waals surface area contributed by atoms with Crippen LogP contribution < -0.4 is 11.5 Å². The average molecular weight is 132 g/mol. The van der Waals surface area contributed by atoms with Gasteiger partial charge in [-0.25, -0.2) is 0 Å². The highest BCUT2D eigenvalue weighted by Crippen LogP contribution is 1.96. The Morgan fingerprint density at radius 3 is 2.33 bits per heavy atom. The molecule has 0 bridgehead atoms. The van der Waals surface area contributed by atoms with E-state index in [1.54, 1.807) is 6.92 Å². The largest absolute Gasteiger partial charge is 0.480 e. The van der Waals surface area contributed by atoms with Crippen molar-refractivity contribution in [3.8, 4) is 0 Å². The minimum atomic E-state index is -0.993. The maximum Gasteiger partial charge on any atom is 0.320 e. The maximum absolute atomic E-state index is 10.1. The molecule has 2 atom stereocenters. The van der Waals surface area contributed by atoms with Crippen molar-refractivity contribution in [1.29, 1.82) is 0 Å². The Morgan fingerprint density at radius 2 is 2.22 bits per heavy atom. The molecule has 0 rings (SSSR count). The van der Waals surface area contributed by atoms with Gasteiger partial charge in [0.1, 0.15) is 6.04 Å². The zero-order chi connectivity index (χ0) is 7.44. The third kappa shape index (κ3) is 2.43. The number of rotatable bonds is 3. The lowest BCUT2D eigenvalue weighted by molar-refractivity contribution is -0.139. The van der Waals surface area contributed by atoms with Gasteiger partial charge in [0, 0.05) is 0 Å². The first-order valence-electron chi connectivity index (χ1n) is 2.78. The van der Waals surface area contributed by atoms with Crippen LogP contribution >= 0.6 is 0 Å². The van der Waals surface area contributed by atoms with E-state index in [2.05, 4.69) is 0 Å². The molecule has 0 amide bonds. The quantitative estimate of drug-likeness (QED) is 0.459. The molecule has 0 saturated carbocycles. The summed E-state index contributed by atoms with van der Waals surface area (Å²) < 4.78 is 0. The Bertz CT molecular complexity index is 105. The molecule has 4 nitrogen and oxygen atoms in total. The fourth-order valence-corrected chi connectivity index (χ4v) is 0.390. The van der Waals surface area contributed by atoms with E-state index in [-0.39, 0.29) is 5.92 Å². The van der Waals surface area contributed by atoms with Crippen molar-refractivity contribution in [3.63, 3.8) is 0 Å². The molecule has 4 heteroatoms. The molecule has 0 radical (unpaired) electrons. The first kappa shape index (κ1) is 8.39. The number of aliphatic carboxylic acids is 1. The number of hydrogen-bond acceptors (Lipinski definition) is 3. The SMILES string of the molecule is CC(CN)C(N)C(=O)O. The van der Waals surface area contributed by atoms with Crippen LogP contribution in [-0.2, 0) is 4.79 Å². The summed E-state index contributed by atoms with van der Waals surface area (Å²) in [5.41, 5.74) is 10.4. The number of nitrogens with two attached hydrogens (primary N) is 2. The second kappa shape index (κ2) is 3.42. The van der Waals surface area contributed by atoms with Crippen LogP contribution in [0.15, 0.2) is 0 Å². The van der Waals surface area contributed by atoms with Gasteiger partial charge < -0.3 is 16.6 Å². The monoisotopic (exact) mass is 132 g/mol.